The molecule has 0 aromatic heterocycles. The molecule has 0 aliphatic heterocycles. The molecule has 1 saturated carbocycles. The van der Waals surface area contributed by atoms with Gasteiger partial charge < -0.3 is 16.0 Å². The predicted octanol–water partition coefficient (Wildman–Crippen LogP) is 0.880. The molecule has 108 valence electrons. The fourth-order valence-corrected chi connectivity index (χ4v) is 1.72. The number of carbonyl (C=O) groups excluding carboxylic acids is 2. The fraction of sp³-hybridized carbons (Fsp3) is 0.429. The summed E-state index contributed by atoms with van der Waals surface area (Å²) in [6.45, 7) is 0.938. The van der Waals surface area contributed by atoms with Crippen molar-refractivity contribution in [2.24, 2.45) is 5.92 Å². The Hall–Kier alpha value is -1.95. The largest absolute Gasteiger partial charge is 0.346 e. The Morgan fingerprint density at radius 2 is 2.00 bits per heavy atom. The molecule has 0 bridgehead atoms. The molecule has 5 nitrogen and oxygen atoms in total. The lowest BCUT2D eigenvalue weighted by molar-refractivity contribution is -0.123. The van der Waals surface area contributed by atoms with Gasteiger partial charge in [-0.2, -0.15) is 0 Å². The van der Waals surface area contributed by atoms with Crippen molar-refractivity contribution in [3.05, 3.63) is 30.1 Å². The Bertz CT molecular complexity index is 489. The minimum absolute atomic E-state index is 0.125. The first-order valence-electron chi connectivity index (χ1n) is 6.66. The summed E-state index contributed by atoms with van der Waals surface area (Å²) in [7, 11) is 0. The molecule has 0 atom stereocenters. The van der Waals surface area contributed by atoms with Crippen molar-refractivity contribution >= 4 is 17.5 Å². The van der Waals surface area contributed by atoms with Gasteiger partial charge in [-0.15, -0.1) is 0 Å². The summed E-state index contributed by atoms with van der Waals surface area (Å²) < 4.78 is 12.9. The Kier molecular flexibility index (Phi) is 5.06. The molecule has 1 aromatic carbocycles. The SMILES string of the molecule is O=C(CNCC1CC1)NCC(=O)Nc1cccc(F)c1. The van der Waals surface area contributed by atoms with Crippen molar-refractivity contribution in [2.45, 2.75) is 12.8 Å². The van der Waals surface area contributed by atoms with Gasteiger partial charge >= 0.3 is 0 Å². The standard InChI is InChI=1S/C14H18FN3O2/c15-11-2-1-3-12(6-11)18-14(20)9-17-13(19)8-16-7-10-4-5-10/h1-3,6,10,16H,4-5,7-9H2,(H,17,19)(H,18,20). The van der Waals surface area contributed by atoms with Crippen molar-refractivity contribution < 1.29 is 14.0 Å². The lowest BCUT2D eigenvalue weighted by Gasteiger charge is -2.07. The Labute approximate surface area is 116 Å². The molecular formula is C14H18FN3O2. The number of anilines is 1. The number of hydrogen-bond donors (Lipinski definition) is 3. The minimum atomic E-state index is -0.420. The van der Waals surface area contributed by atoms with Crippen molar-refractivity contribution in [3.63, 3.8) is 0 Å². The molecule has 1 aromatic rings. The van der Waals surface area contributed by atoms with E-state index in [-0.39, 0.29) is 24.9 Å². The zero-order chi connectivity index (χ0) is 14.4. The topological polar surface area (TPSA) is 70.2 Å². The first-order valence-corrected chi connectivity index (χ1v) is 6.66. The van der Waals surface area contributed by atoms with Crippen molar-refractivity contribution in [2.75, 3.05) is 25.0 Å². The third kappa shape index (κ3) is 5.36. The van der Waals surface area contributed by atoms with Crippen LogP contribution in [0.15, 0.2) is 24.3 Å². The molecule has 0 saturated heterocycles. The van der Waals surface area contributed by atoms with Gasteiger partial charge in [-0.25, -0.2) is 4.39 Å². The van der Waals surface area contributed by atoms with Crippen LogP contribution in [-0.2, 0) is 9.59 Å². The van der Waals surface area contributed by atoms with E-state index in [9.17, 15) is 14.0 Å². The molecule has 0 radical (unpaired) electrons. The van der Waals surface area contributed by atoms with Crippen LogP contribution in [-0.4, -0.2) is 31.4 Å². The van der Waals surface area contributed by atoms with Crippen molar-refractivity contribution in [3.8, 4) is 0 Å². The van der Waals surface area contributed by atoms with E-state index >= 15 is 0 Å². The van der Waals surface area contributed by atoms with E-state index < -0.39 is 5.82 Å². The summed E-state index contributed by atoms with van der Waals surface area (Å²) in [5.74, 6) is -0.318. The smallest absolute Gasteiger partial charge is 0.243 e. The van der Waals surface area contributed by atoms with Gasteiger partial charge in [0.15, 0.2) is 0 Å². The summed E-state index contributed by atoms with van der Waals surface area (Å²) in [5.41, 5.74) is 0.371. The van der Waals surface area contributed by atoms with Crippen LogP contribution in [0.2, 0.25) is 0 Å². The van der Waals surface area contributed by atoms with Crippen LogP contribution in [0.25, 0.3) is 0 Å². The monoisotopic (exact) mass is 279 g/mol. The van der Waals surface area contributed by atoms with Gasteiger partial charge in [0, 0.05) is 5.69 Å². The van der Waals surface area contributed by atoms with Crippen molar-refractivity contribution in [1.29, 1.82) is 0 Å². The highest BCUT2D eigenvalue weighted by molar-refractivity contribution is 5.94. The second-order valence-electron chi connectivity index (χ2n) is 4.91. The molecular weight excluding hydrogens is 261 g/mol. The number of rotatable bonds is 7. The van der Waals surface area contributed by atoms with Crippen LogP contribution < -0.4 is 16.0 Å². The van der Waals surface area contributed by atoms with Crippen LogP contribution in [0, 0.1) is 11.7 Å². The van der Waals surface area contributed by atoms with Crippen molar-refractivity contribution in [1.82, 2.24) is 10.6 Å². The van der Waals surface area contributed by atoms with Crippen LogP contribution in [0.5, 0.6) is 0 Å². The molecule has 2 rings (SSSR count). The summed E-state index contributed by atoms with van der Waals surface area (Å²) in [5, 5.41) is 8.05. The maximum Gasteiger partial charge on any atom is 0.243 e. The second kappa shape index (κ2) is 7.00. The zero-order valence-electron chi connectivity index (χ0n) is 11.1. The Balaban J connectivity index is 1.62. The lowest BCUT2D eigenvalue weighted by atomic mass is 10.3. The molecule has 3 N–H and O–H groups in total. The number of carbonyl (C=O) groups is 2. The van der Waals surface area contributed by atoms with Gasteiger partial charge in [-0.1, -0.05) is 6.07 Å². The fourth-order valence-electron chi connectivity index (χ4n) is 1.72. The number of halogens is 1. The Morgan fingerprint density at radius 1 is 1.20 bits per heavy atom. The third-order valence-electron chi connectivity index (χ3n) is 2.97. The molecule has 1 aliphatic carbocycles. The van der Waals surface area contributed by atoms with Gasteiger partial charge in [-0.3, -0.25) is 9.59 Å². The van der Waals surface area contributed by atoms with Crippen LogP contribution in [0.1, 0.15) is 12.8 Å². The van der Waals surface area contributed by atoms with Crippen LogP contribution in [0.4, 0.5) is 10.1 Å². The zero-order valence-corrected chi connectivity index (χ0v) is 11.1. The number of benzene rings is 1. The maximum absolute atomic E-state index is 12.9. The quantitative estimate of drug-likeness (QED) is 0.694. The number of amides is 2. The summed E-state index contributed by atoms with van der Waals surface area (Å²) >= 11 is 0. The highest BCUT2D eigenvalue weighted by Crippen LogP contribution is 2.27. The molecule has 1 aliphatic rings. The van der Waals surface area contributed by atoms with E-state index in [2.05, 4.69) is 16.0 Å². The molecule has 0 unspecified atom stereocenters. The molecule has 1 fully saturated rings. The average Bonchev–Trinajstić information content (AvgIpc) is 3.20. The van der Waals surface area contributed by atoms with E-state index in [4.69, 9.17) is 0 Å². The molecule has 0 heterocycles. The third-order valence-corrected chi connectivity index (χ3v) is 2.97. The summed E-state index contributed by atoms with van der Waals surface area (Å²) in [4.78, 5) is 23.0. The first kappa shape index (κ1) is 14.5. The summed E-state index contributed by atoms with van der Waals surface area (Å²) in [6, 6.07) is 5.60. The first-order chi connectivity index (χ1) is 9.63. The molecule has 6 heteroatoms. The second-order valence-corrected chi connectivity index (χ2v) is 4.91. The lowest BCUT2D eigenvalue weighted by Crippen LogP contribution is -2.38. The summed E-state index contributed by atoms with van der Waals surface area (Å²) in [6.07, 6.45) is 2.45. The van der Waals surface area contributed by atoms with Crippen LogP contribution >= 0.6 is 0 Å². The van der Waals surface area contributed by atoms with E-state index in [0.717, 1.165) is 6.54 Å². The minimum Gasteiger partial charge on any atom is -0.346 e. The normalized spacial score (nSPS) is 13.8. The average molecular weight is 279 g/mol. The number of nitrogens with one attached hydrogen (secondary N) is 3. The molecule has 20 heavy (non-hydrogen) atoms. The van der Waals surface area contributed by atoms with E-state index in [0.29, 0.717) is 11.6 Å². The predicted molar refractivity (Wildman–Crippen MR) is 73.6 cm³/mol. The van der Waals surface area contributed by atoms with Gasteiger partial charge in [0.25, 0.3) is 0 Å². The van der Waals surface area contributed by atoms with Gasteiger partial charge in [0.1, 0.15) is 5.82 Å². The Morgan fingerprint density at radius 3 is 2.70 bits per heavy atom. The highest BCUT2D eigenvalue weighted by Gasteiger charge is 2.20. The van der Waals surface area contributed by atoms with E-state index in [1.807, 2.05) is 0 Å². The van der Waals surface area contributed by atoms with E-state index in [1.165, 1.54) is 31.0 Å². The van der Waals surface area contributed by atoms with E-state index in [1.54, 1.807) is 6.07 Å². The molecule has 0 spiro atoms. The number of hydrogen-bond acceptors (Lipinski definition) is 3. The van der Waals surface area contributed by atoms with Gasteiger partial charge in [0.2, 0.25) is 11.8 Å². The van der Waals surface area contributed by atoms with Gasteiger partial charge in [-0.05, 0) is 43.5 Å². The molecule has 2 amide bonds. The van der Waals surface area contributed by atoms with Gasteiger partial charge in [0.05, 0.1) is 13.1 Å². The van der Waals surface area contributed by atoms with Crippen LogP contribution in [0.3, 0.4) is 0 Å². The maximum atomic E-state index is 12.9. The highest BCUT2D eigenvalue weighted by atomic mass is 19.1.